The lowest BCUT2D eigenvalue weighted by Crippen LogP contribution is -2.26. The quantitative estimate of drug-likeness (QED) is 0.598. The van der Waals surface area contributed by atoms with E-state index in [1.165, 1.54) is 16.4 Å². The van der Waals surface area contributed by atoms with Crippen LogP contribution >= 0.6 is 0 Å². The van der Waals surface area contributed by atoms with E-state index < -0.39 is 10.0 Å². The number of hydrogen-bond acceptors (Lipinski definition) is 4. The van der Waals surface area contributed by atoms with Gasteiger partial charge in [0.2, 0.25) is 15.9 Å². The highest BCUT2D eigenvalue weighted by atomic mass is 32.2. The predicted molar refractivity (Wildman–Crippen MR) is 117 cm³/mol. The number of nitrogens with zero attached hydrogens (tertiary/aromatic N) is 1. The Bertz CT molecular complexity index is 1080. The van der Waals surface area contributed by atoms with Crippen molar-refractivity contribution in [2.45, 2.75) is 17.9 Å². The maximum atomic E-state index is 12.8. The monoisotopic (exact) mass is 424 g/mol. The molecule has 3 aromatic rings. The highest BCUT2D eigenvalue weighted by Crippen LogP contribution is 2.20. The van der Waals surface area contributed by atoms with Gasteiger partial charge in [0.15, 0.2) is 0 Å². The summed E-state index contributed by atoms with van der Waals surface area (Å²) >= 11 is 0. The summed E-state index contributed by atoms with van der Waals surface area (Å²) < 4.78 is 32.0. The van der Waals surface area contributed by atoms with Gasteiger partial charge in [-0.3, -0.25) is 4.79 Å². The zero-order valence-corrected chi connectivity index (χ0v) is 17.7. The summed E-state index contributed by atoms with van der Waals surface area (Å²) in [4.78, 5) is 12.4. The molecule has 0 aliphatic heterocycles. The van der Waals surface area contributed by atoms with Crippen molar-refractivity contribution < 1.29 is 17.9 Å². The van der Waals surface area contributed by atoms with Gasteiger partial charge in [0.1, 0.15) is 5.75 Å². The Morgan fingerprint density at radius 1 is 0.900 bits per heavy atom. The number of anilines is 1. The van der Waals surface area contributed by atoms with Crippen LogP contribution in [0.15, 0.2) is 83.8 Å². The smallest absolute Gasteiger partial charge is 0.243 e. The molecule has 3 aromatic carbocycles. The molecule has 0 spiro atoms. The third-order valence-electron chi connectivity index (χ3n) is 4.62. The van der Waals surface area contributed by atoms with Crippen molar-refractivity contribution in [3.63, 3.8) is 0 Å². The molecule has 0 aliphatic carbocycles. The van der Waals surface area contributed by atoms with Crippen molar-refractivity contribution in [2.75, 3.05) is 19.5 Å². The highest BCUT2D eigenvalue weighted by molar-refractivity contribution is 7.89. The van der Waals surface area contributed by atoms with E-state index in [4.69, 9.17) is 4.74 Å². The van der Waals surface area contributed by atoms with Crippen LogP contribution in [-0.4, -0.2) is 32.8 Å². The van der Waals surface area contributed by atoms with Crippen molar-refractivity contribution >= 4 is 21.6 Å². The van der Waals surface area contributed by atoms with Crippen LogP contribution in [0.1, 0.15) is 11.1 Å². The van der Waals surface area contributed by atoms with Crippen LogP contribution in [0.25, 0.3) is 0 Å². The second kappa shape index (κ2) is 9.56. The SMILES string of the molecule is COc1ccc(CC(=O)Nc2ccc(S(=O)(=O)N(C)Cc3ccccc3)cc2)cc1. The number of methoxy groups -OCH3 is 1. The average Bonchev–Trinajstić information content (AvgIpc) is 2.75. The molecule has 3 rings (SSSR count). The summed E-state index contributed by atoms with van der Waals surface area (Å²) in [6.07, 6.45) is 0.212. The van der Waals surface area contributed by atoms with Crippen LogP contribution < -0.4 is 10.1 Å². The van der Waals surface area contributed by atoms with E-state index in [1.54, 1.807) is 38.4 Å². The van der Waals surface area contributed by atoms with Crippen molar-refractivity contribution in [1.29, 1.82) is 0 Å². The number of hydrogen-bond donors (Lipinski definition) is 1. The first kappa shape index (κ1) is 21.5. The molecule has 30 heavy (non-hydrogen) atoms. The molecule has 0 bridgehead atoms. The molecule has 7 heteroatoms. The Morgan fingerprint density at radius 3 is 2.13 bits per heavy atom. The molecule has 0 unspecified atom stereocenters. The van der Waals surface area contributed by atoms with E-state index in [0.29, 0.717) is 5.69 Å². The van der Waals surface area contributed by atoms with Crippen molar-refractivity contribution in [2.24, 2.45) is 0 Å². The summed E-state index contributed by atoms with van der Waals surface area (Å²) in [5.74, 6) is 0.546. The third-order valence-corrected chi connectivity index (χ3v) is 6.44. The maximum absolute atomic E-state index is 12.8. The average molecular weight is 425 g/mol. The molecule has 1 N–H and O–H groups in total. The molecule has 0 fully saturated rings. The Kier molecular flexibility index (Phi) is 6.87. The van der Waals surface area contributed by atoms with Gasteiger partial charge >= 0.3 is 0 Å². The summed E-state index contributed by atoms with van der Waals surface area (Å²) in [6, 6.07) is 22.8. The minimum atomic E-state index is -3.63. The Morgan fingerprint density at radius 2 is 1.53 bits per heavy atom. The number of rotatable bonds is 8. The van der Waals surface area contributed by atoms with E-state index in [0.717, 1.165) is 16.9 Å². The molecule has 6 nitrogen and oxygen atoms in total. The number of nitrogens with one attached hydrogen (secondary N) is 1. The lowest BCUT2D eigenvalue weighted by atomic mass is 10.1. The van der Waals surface area contributed by atoms with Gasteiger partial charge < -0.3 is 10.1 Å². The summed E-state index contributed by atoms with van der Waals surface area (Å²) in [7, 11) is -0.492. The van der Waals surface area contributed by atoms with E-state index in [1.807, 2.05) is 42.5 Å². The van der Waals surface area contributed by atoms with Gasteiger partial charge in [-0.15, -0.1) is 0 Å². The van der Waals surface area contributed by atoms with Crippen molar-refractivity contribution in [1.82, 2.24) is 4.31 Å². The molecule has 0 heterocycles. The Balaban J connectivity index is 1.62. The lowest BCUT2D eigenvalue weighted by molar-refractivity contribution is -0.115. The van der Waals surface area contributed by atoms with Gasteiger partial charge in [0, 0.05) is 19.3 Å². The van der Waals surface area contributed by atoms with Gasteiger partial charge in [0.05, 0.1) is 18.4 Å². The molecule has 0 saturated heterocycles. The van der Waals surface area contributed by atoms with Crippen molar-refractivity contribution in [3.8, 4) is 5.75 Å². The zero-order valence-electron chi connectivity index (χ0n) is 16.9. The normalized spacial score (nSPS) is 11.3. The summed E-state index contributed by atoms with van der Waals surface area (Å²) in [5.41, 5.74) is 2.30. The van der Waals surface area contributed by atoms with Gasteiger partial charge in [-0.1, -0.05) is 42.5 Å². The third kappa shape index (κ3) is 5.46. The molecular weight excluding hydrogens is 400 g/mol. The molecule has 1 amide bonds. The number of ether oxygens (including phenoxy) is 1. The fraction of sp³-hybridized carbons (Fsp3) is 0.174. The van der Waals surface area contributed by atoms with E-state index >= 15 is 0 Å². The molecule has 0 saturated carbocycles. The first-order valence-corrected chi connectivity index (χ1v) is 10.9. The van der Waals surface area contributed by atoms with Crippen LogP contribution in [-0.2, 0) is 27.8 Å². The second-order valence-electron chi connectivity index (χ2n) is 6.84. The van der Waals surface area contributed by atoms with Gasteiger partial charge in [0.25, 0.3) is 0 Å². The number of carbonyl (C=O) groups excluding carboxylic acids is 1. The first-order valence-electron chi connectivity index (χ1n) is 9.41. The van der Waals surface area contributed by atoms with Crippen molar-refractivity contribution in [3.05, 3.63) is 90.0 Å². The first-order chi connectivity index (χ1) is 14.4. The molecule has 0 aliphatic rings. The van der Waals surface area contributed by atoms with E-state index in [-0.39, 0.29) is 23.8 Å². The Hall–Kier alpha value is -3.16. The fourth-order valence-corrected chi connectivity index (χ4v) is 4.11. The topological polar surface area (TPSA) is 75.7 Å². The summed E-state index contributed by atoms with van der Waals surface area (Å²) in [6.45, 7) is 0.281. The van der Waals surface area contributed by atoms with Crippen LogP contribution in [0, 0.1) is 0 Å². The van der Waals surface area contributed by atoms with Gasteiger partial charge in [-0.05, 0) is 47.5 Å². The van der Waals surface area contributed by atoms with Crippen LogP contribution in [0.4, 0.5) is 5.69 Å². The number of benzene rings is 3. The highest BCUT2D eigenvalue weighted by Gasteiger charge is 2.20. The van der Waals surface area contributed by atoms with Crippen LogP contribution in [0.2, 0.25) is 0 Å². The fourth-order valence-electron chi connectivity index (χ4n) is 2.95. The van der Waals surface area contributed by atoms with Crippen LogP contribution in [0.5, 0.6) is 5.75 Å². The molecular formula is C23H24N2O4S. The van der Waals surface area contributed by atoms with E-state index in [9.17, 15) is 13.2 Å². The standard InChI is InChI=1S/C23H24N2O4S/c1-25(17-19-6-4-3-5-7-19)30(27,28)22-14-10-20(11-15-22)24-23(26)16-18-8-12-21(29-2)13-9-18/h3-15H,16-17H2,1-2H3,(H,24,26). The molecule has 156 valence electrons. The maximum Gasteiger partial charge on any atom is 0.243 e. The van der Waals surface area contributed by atoms with Gasteiger partial charge in [-0.2, -0.15) is 4.31 Å². The van der Waals surface area contributed by atoms with Crippen LogP contribution in [0.3, 0.4) is 0 Å². The van der Waals surface area contributed by atoms with Gasteiger partial charge in [-0.25, -0.2) is 8.42 Å². The molecule has 0 radical (unpaired) electrons. The largest absolute Gasteiger partial charge is 0.497 e. The lowest BCUT2D eigenvalue weighted by Gasteiger charge is -2.17. The van der Waals surface area contributed by atoms with E-state index in [2.05, 4.69) is 5.32 Å². The number of carbonyl (C=O) groups is 1. The Labute approximate surface area is 177 Å². The number of sulfonamides is 1. The predicted octanol–water partition coefficient (Wildman–Crippen LogP) is 3.70. The molecule has 0 atom stereocenters. The molecule has 0 aromatic heterocycles. The summed E-state index contributed by atoms with van der Waals surface area (Å²) in [5, 5.41) is 2.79. The minimum Gasteiger partial charge on any atom is -0.497 e. The zero-order chi connectivity index (χ0) is 21.6. The number of amides is 1. The second-order valence-corrected chi connectivity index (χ2v) is 8.89. The minimum absolute atomic E-state index is 0.175.